The molecule has 1 aliphatic rings. The minimum Gasteiger partial charge on any atom is -0.462 e. The Balaban J connectivity index is 2.58. The van der Waals surface area contributed by atoms with Crippen LogP contribution >= 0.6 is 0 Å². The van der Waals surface area contributed by atoms with Gasteiger partial charge < -0.3 is 9.47 Å². The maximum atomic E-state index is 11.9. The van der Waals surface area contributed by atoms with Crippen molar-refractivity contribution in [3.8, 4) is 0 Å². The van der Waals surface area contributed by atoms with E-state index in [1.165, 1.54) is 0 Å². The second-order valence-electron chi connectivity index (χ2n) is 4.06. The predicted octanol–water partition coefficient (Wildman–Crippen LogP) is 2.02. The molecule has 0 aromatic heterocycles. The zero-order valence-corrected chi connectivity index (χ0v) is 9.91. The predicted molar refractivity (Wildman–Crippen MR) is 61.1 cm³/mol. The summed E-state index contributed by atoms with van der Waals surface area (Å²) in [6.45, 7) is 4.25. The number of esters is 2. The highest BCUT2D eigenvalue weighted by Crippen LogP contribution is 2.21. The van der Waals surface area contributed by atoms with Gasteiger partial charge >= 0.3 is 11.9 Å². The van der Waals surface area contributed by atoms with Crippen LogP contribution in [0.5, 0.6) is 0 Å². The van der Waals surface area contributed by atoms with Gasteiger partial charge in [0.05, 0.1) is 24.3 Å². The molecule has 1 aromatic carbocycles. The molecule has 90 valence electrons. The van der Waals surface area contributed by atoms with Crippen molar-refractivity contribution in [2.75, 3.05) is 13.2 Å². The van der Waals surface area contributed by atoms with Crippen LogP contribution in [0.1, 0.15) is 38.3 Å². The topological polar surface area (TPSA) is 52.6 Å². The monoisotopic (exact) mass is 234 g/mol. The molecule has 1 heterocycles. The largest absolute Gasteiger partial charge is 0.462 e. The summed E-state index contributed by atoms with van der Waals surface area (Å²) in [6.07, 6.45) is 0.531. The van der Waals surface area contributed by atoms with Gasteiger partial charge in [0.15, 0.2) is 0 Å². The molecule has 4 nitrogen and oxygen atoms in total. The number of benzene rings is 1. The highest BCUT2D eigenvalue weighted by molar-refractivity contribution is 6.04. The second-order valence-corrected chi connectivity index (χ2v) is 4.06. The van der Waals surface area contributed by atoms with Gasteiger partial charge in [0.2, 0.25) is 0 Å². The van der Waals surface area contributed by atoms with E-state index in [1.807, 2.05) is 6.92 Å². The highest BCUT2D eigenvalue weighted by Gasteiger charge is 2.23. The first-order valence-corrected chi connectivity index (χ1v) is 5.55. The third kappa shape index (κ3) is 2.16. The molecule has 1 aromatic rings. The quantitative estimate of drug-likeness (QED) is 0.644. The second kappa shape index (κ2) is 4.57. The minimum atomic E-state index is -0.457. The summed E-state index contributed by atoms with van der Waals surface area (Å²) < 4.78 is 10.2. The Morgan fingerprint density at radius 3 is 2.35 bits per heavy atom. The van der Waals surface area contributed by atoms with Crippen molar-refractivity contribution >= 4 is 11.9 Å². The molecular formula is C13H14O4. The van der Waals surface area contributed by atoms with Gasteiger partial charge in [-0.2, -0.15) is 0 Å². The first-order chi connectivity index (χ1) is 8.11. The van der Waals surface area contributed by atoms with Crippen molar-refractivity contribution in [1.82, 2.24) is 0 Å². The number of carbonyl (C=O) groups is 2. The molecule has 0 unspecified atom stereocenters. The van der Waals surface area contributed by atoms with Gasteiger partial charge in [0.25, 0.3) is 0 Å². The summed E-state index contributed by atoms with van der Waals surface area (Å²) in [6, 6.07) is 3.42. The molecule has 4 heteroatoms. The Morgan fingerprint density at radius 1 is 1.00 bits per heavy atom. The fraction of sp³-hybridized carbons (Fsp3) is 0.385. The third-order valence-corrected chi connectivity index (χ3v) is 2.91. The smallest absolute Gasteiger partial charge is 0.339 e. The summed E-state index contributed by atoms with van der Waals surface area (Å²) in [4.78, 5) is 23.7. The fourth-order valence-electron chi connectivity index (χ4n) is 1.79. The molecule has 0 bridgehead atoms. The average molecular weight is 234 g/mol. The van der Waals surface area contributed by atoms with Crippen molar-refractivity contribution in [3.05, 3.63) is 34.4 Å². The minimum absolute atomic E-state index is 0.276. The van der Waals surface area contributed by atoms with Crippen molar-refractivity contribution in [2.45, 2.75) is 20.3 Å². The van der Waals surface area contributed by atoms with Crippen LogP contribution in [-0.2, 0) is 9.47 Å². The van der Waals surface area contributed by atoms with E-state index in [2.05, 4.69) is 0 Å². The van der Waals surface area contributed by atoms with Gasteiger partial charge in [0.1, 0.15) is 0 Å². The van der Waals surface area contributed by atoms with Crippen LogP contribution in [0.2, 0.25) is 0 Å². The van der Waals surface area contributed by atoms with Gasteiger partial charge in [0, 0.05) is 6.42 Å². The van der Waals surface area contributed by atoms with Gasteiger partial charge in [-0.25, -0.2) is 9.59 Å². The van der Waals surface area contributed by atoms with E-state index < -0.39 is 11.9 Å². The lowest BCUT2D eigenvalue weighted by Gasteiger charge is -2.11. The number of rotatable bonds is 0. The summed E-state index contributed by atoms with van der Waals surface area (Å²) in [7, 11) is 0. The highest BCUT2D eigenvalue weighted by atomic mass is 16.5. The molecule has 0 spiro atoms. The van der Waals surface area contributed by atoms with E-state index in [1.54, 1.807) is 19.1 Å². The third-order valence-electron chi connectivity index (χ3n) is 2.91. The van der Waals surface area contributed by atoms with Crippen LogP contribution in [0.25, 0.3) is 0 Å². The molecule has 0 fully saturated rings. The molecule has 0 radical (unpaired) electrons. The molecule has 0 saturated carbocycles. The number of cyclic esters (lactones) is 2. The maximum absolute atomic E-state index is 11.9. The van der Waals surface area contributed by atoms with E-state index in [4.69, 9.17) is 9.47 Å². The first-order valence-electron chi connectivity index (χ1n) is 5.55. The number of fused-ring (bicyclic) bond motifs is 1. The van der Waals surface area contributed by atoms with Crippen LogP contribution in [0.3, 0.4) is 0 Å². The van der Waals surface area contributed by atoms with Crippen LogP contribution in [-0.4, -0.2) is 25.2 Å². The Hall–Kier alpha value is -1.84. The summed E-state index contributed by atoms with van der Waals surface area (Å²) in [5, 5.41) is 0. The molecule has 2 rings (SSSR count). The number of carbonyl (C=O) groups excluding carboxylic acids is 2. The lowest BCUT2D eigenvalue weighted by molar-refractivity contribution is 0.0435. The van der Waals surface area contributed by atoms with Crippen LogP contribution in [0.15, 0.2) is 12.1 Å². The van der Waals surface area contributed by atoms with E-state index >= 15 is 0 Å². The number of ether oxygens (including phenoxy) is 2. The molecule has 0 saturated heterocycles. The Bertz CT molecular complexity index is 477. The Kier molecular flexibility index (Phi) is 3.13. The summed E-state index contributed by atoms with van der Waals surface area (Å²) in [5.41, 5.74) is 2.34. The summed E-state index contributed by atoms with van der Waals surface area (Å²) in [5.74, 6) is -0.901. The van der Waals surface area contributed by atoms with Gasteiger partial charge in [-0.15, -0.1) is 0 Å². The normalized spacial score (nSPS) is 16.1. The maximum Gasteiger partial charge on any atom is 0.339 e. The number of hydrogen-bond acceptors (Lipinski definition) is 4. The first kappa shape index (κ1) is 11.6. The van der Waals surface area contributed by atoms with Crippen molar-refractivity contribution < 1.29 is 19.1 Å². The SMILES string of the molecule is Cc1ccc2c(c1C)C(=O)OCCCOC2=O. The summed E-state index contributed by atoms with van der Waals surface area (Å²) >= 11 is 0. The van der Waals surface area contributed by atoms with E-state index in [0.717, 1.165) is 11.1 Å². The zero-order chi connectivity index (χ0) is 12.4. The Morgan fingerprint density at radius 2 is 1.65 bits per heavy atom. The molecule has 0 amide bonds. The van der Waals surface area contributed by atoms with E-state index in [-0.39, 0.29) is 13.2 Å². The van der Waals surface area contributed by atoms with Crippen LogP contribution in [0.4, 0.5) is 0 Å². The lowest BCUT2D eigenvalue weighted by atomic mass is 9.97. The molecular weight excluding hydrogens is 220 g/mol. The molecule has 0 atom stereocenters. The van der Waals surface area contributed by atoms with Gasteiger partial charge in [-0.3, -0.25) is 0 Å². The van der Waals surface area contributed by atoms with Crippen molar-refractivity contribution in [3.63, 3.8) is 0 Å². The van der Waals surface area contributed by atoms with Crippen LogP contribution in [0, 0.1) is 13.8 Å². The molecule has 1 aliphatic heterocycles. The van der Waals surface area contributed by atoms with Crippen molar-refractivity contribution in [2.24, 2.45) is 0 Å². The van der Waals surface area contributed by atoms with Crippen LogP contribution < -0.4 is 0 Å². The zero-order valence-electron chi connectivity index (χ0n) is 9.91. The Labute approximate surface area is 99.5 Å². The van der Waals surface area contributed by atoms with Gasteiger partial charge in [-0.1, -0.05) is 6.07 Å². The molecule has 0 aliphatic carbocycles. The number of hydrogen-bond donors (Lipinski definition) is 0. The molecule has 17 heavy (non-hydrogen) atoms. The van der Waals surface area contributed by atoms with E-state index in [9.17, 15) is 9.59 Å². The van der Waals surface area contributed by atoms with Gasteiger partial charge in [-0.05, 0) is 31.0 Å². The lowest BCUT2D eigenvalue weighted by Crippen LogP contribution is -2.14. The standard InChI is InChI=1S/C13H14O4/c1-8-4-5-10-11(9(8)2)13(15)17-7-3-6-16-12(10)14/h4-5H,3,6-7H2,1-2H3. The molecule has 0 N–H and O–H groups in total. The fourth-order valence-corrected chi connectivity index (χ4v) is 1.79. The number of aryl methyl sites for hydroxylation is 1. The average Bonchev–Trinajstić information content (AvgIpc) is 2.36. The van der Waals surface area contributed by atoms with Crippen molar-refractivity contribution in [1.29, 1.82) is 0 Å². The van der Waals surface area contributed by atoms with E-state index in [0.29, 0.717) is 17.5 Å².